The van der Waals surface area contributed by atoms with E-state index in [9.17, 15) is 4.79 Å². The van der Waals surface area contributed by atoms with Gasteiger partial charge in [0.1, 0.15) is 0 Å². The molecule has 0 bridgehead atoms. The Morgan fingerprint density at radius 1 is 1.33 bits per heavy atom. The van der Waals surface area contributed by atoms with E-state index in [1.165, 1.54) is 0 Å². The smallest absolute Gasteiger partial charge is 0.224 e. The third-order valence-corrected chi connectivity index (χ3v) is 4.54. The second kappa shape index (κ2) is 5.69. The van der Waals surface area contributed by atoms with Crippen LogP contribution in [-0.2, 0) is 17.8 Å². The maximum Gasteiger partial charge on any atom is 0.224 e. The molecule has 0 radical (unpaired) electrons. The third kappa shape index (κ3) is 2.97. The van der Waals surface area contributed by atoms with E-state index in [0.717, 1.165) is 32.0 Å². The Bertz CT molecular complexity index is 788. The number of hydrogen-bond donors (Lipinski definition) is 2. The zero-order valence-corrected chi connectivity index (χ0v) is 12.9. The van der Waals surface area contributed by atoms with Gasteiger partial charge < -0.3 is 10.3 Å². The van der Waals surface area contributed by atoms with Crippen molar-refractivity contribution in [3.63, 3.8) is 0 Å². The van der Waals surface area contributed by atoms with E-state index in [1.54, 1.807) is 11.3 Å². The van der Waals surface area contributed by atoms with Gasteiger partial charge in [0, 0.05) is 22.0 Å². The number of rotatable bonds is 4. The third-order valence-electron chi connectivity index (χ3n) is 3.47. The molecule has 0 aliphatic carbocycles. The van der Waals surface area contributed by atoms with E-state index in [4.69, 9.17) is 0 Å². The molecular formula is C16H17N3OS. The Labute approximate surface area is 127 Å². The Morgan fingerprint density at radius 2 is 2.14 bits per heavy atom. The van der Waals surface area contributed by atoms with Crippen LogP contribution in [0.4, 0.5) is 0 Å². The van der Waals surface area contributed by atoms with Crippen molar-refractivity contribution >= 4 is 28.1 Å². The number of carbonyl (C=O) groups excluding carboxylic acids is 1. The highest BCUT2D eigenvalue weighted by Crippen LogP contribution is 2.19. The van der Waals surface area contributed by atoms with Gasteiger partial charge in [-0.15, -0.1) is 11.3 Å². The van der Waals surface area contributed by atoms with Crippen molar-refractivity contribution in [3.05, 3.63) is 51.6 Å². The largest absolute Gasteiger partial charge is 0.361 e. The molecule has 108 valence electrons. The molecule has 0 aliphatic rings. The molecule has 0 fully saturated rings. The number of nitrogens with one attached hydrogen (secondary N) is 2. The van der Waals surface area contributed by atoms with Gasteiger partial charge in [0.05, 0.1) is 23.7 Å². The summed E-state index contributed by atoms with van der Waals surface area (Å²) in [6.07, 6.45) is 2.30. The van der Waals surface area contributed by atoms with Gasteiger partial charge in [0.2, 0.25) is 5.91 Å². The molecule has 3 aromatic rings. The van der Waals surface area contributed by atoms with Crippen molar-refractivity contribution in [3.8, 4) is 0 Å². The summed E-state index contributed by atoms with van der Waals surface area (Å²) in [5.41, 5.74) is 3.10. The fourth-order valence-corrected chi connectivity index (χ4v) is 3.31. The number of aryl methyl sites for hydroxylation is 2. The molecular weight excluding hydrogens is 282 g/mol. The minimum absolute atomic E-state index is 0.0326. The lowest BCUT2D eigenvalue weighted by molar-refractivity contribution is -0.120. The average Bonchev–Trinajstić information content (AvgIpc) is 3.00. The number of amides is 1. The highest BCUT2D eigenvalue weighted by atomic mass is 32.1. The SMILES string of the molecule is Cc1nc(C)c(CNC(=O)Cc2c[nH]c3ccccc23)s1. The monoisotopic (exact) mass is 299 g/mol. The summed E-state index contributed by atoms with van der Waals surface area (Å²) in [5.74, 6) is 0.0326. The predicted molar refractivity (Wildman–Crippen MR) is 85.4 cm³/mol. The summed E-state index contributed by atoms with van der Waals surface area (Å²) in [5, 5.41) is 5.12. The van der Waals surface area contributed by atoms with E-state index in [1.807, 2.05) is 44.3 Å². The number of hydrogen-bond acceptors (Lipinski definition) is 3. The zero-order valence-electron chi connectivity index (χ0n) is 12.1. The summed E-state index contributed by atoms with van der Waals surface area (Å²) in [7, 11) is 0. The number of fused-ring (bicyclic) bond motifs is 1. The number of aromatic nitrogens is 2. The molecule has 0 saturated carbocycles. The summed E-state index contributed by atoms with van der Waals surface area (Å²) in [6.45, 7) is 4.51. The van der Waals surface area contributed by atoms with Crippen LogP contribution in [0.5, 0.6) is 0 Å². The van der Waals surface area contributed by atoms with Crippen LogP contribution in [0.1, 0.15) is 21.1 Å². The lowest BCUT2D eigenvalue weighted by Gasteiger charge is -2.03. The van der Waals surface area contributed by atoms with Gasteiger partial charge in [-0.25, -0.2) is 4.98 Å². The highest BCUT2D eigenvalue weighted by Gasteiger charge is 2.10. The quantitative estimate of drug-likeness (QED) is 0.777. The first kappa shape index (κ1) is 13.8. The van der Waals surface area contributed by atoms with E-state index in [2.05, 4.69) is 15.3 Å². The number of thiazole rings is 1. The van der Waals surface area contributed by atoms with Crippen LogP contribution in [0.3, 0.4) is 0 Å². The minimum Gasteiger partial charge on any atom is -0.361 e. The van der Waals surface area contributed by atoms with Crippen LogP contribution in [0, 0.1) is 13.8 Å². The summed E-state index contributed by atoms with van der Waals surface area (Å²) in [4.78, 5) is 20.8. The minimum atomic E-state index is 0.0326. The van der Waals surface area contributed by atoms with Crippen molar-refractivity contribution in [2.75, 3.05) is 0 Å². The van der Waals surface area contributed by atoms with Gasteiger partial charge in [-0.2, -0.15) is 0 Å². The Balaban J connectivity index is 1.65. The fourth-order valence-electron chi connectivity index (χ4n) is 2.43. The van der Waals surface area contributed by atoms with Crippen molar-refractivity contribution in [2.24, 2.45) is 0 Å². The van der Waals surface area contributed by atoms with E-state index < -0.39 is 0 Å². The molecule has 0 atom stereocenters. The molecule has 3 rings (SSSR count). The molecule has 2 N–H and O–H groups in total. The van der Waals surface area contributed by atoms with Crippen LogP contribution in [0.25, 0.3) is 10.9 Å². The van der Waals surface area contributed by atoms with Gasteiger partial charge in [-0.05, 0) is 25.5 Å². The predicted octanol–water partition coefficient (Wildman–Crippen LogP) is 3.10. The topological polar surface area (TPSA) is 57.8 Å². The molecule has 1 aromatic carbocycles. The Kier molecular flexibility index (Phi) is 3.75. The molecule has 0 saturated heterocycles. The summed E-state index contributed by atoms with van der Waals surface area (Å²) in [6, 6.07) is 8.02. The second-order valence-electron chi connectivity index (χ2n) is 5.05. The maximum absolute atomic E-state index is 12.1. The van der Waals surface area contributed by atoms with Crippen molar-refractivity contribution in [2.45, 2.75) is 26.8 Å². The lowest BCUT2D eigenvalue weighted by atomic mass is 10.1. The van der Waals surface area contributed by atoms with Crippen LogP contribution in [0.15, 0.2) is 30.5 Å². The first-order valence-electron chi connectivity index (χ1n) is 6.88. The van der Waals surface area contributed by atoms with Gasteiger partial charge in [0.15, 0.2) is 0 Å². The van der Waals surface area contributed by atoms with Crippen LogP contribution >= 0.6 is 11.3 Å². The Morgan fingerprint density at radius 3 is 2.90 bits per heavy atom. The lowest BCUT2D eigenvalue weighted by Crippen LogP contribution is -2.24. The van der Waals surface area contributed by atoms with Gasteiger partial charge in [0.25, 0.3) is 0 Å². The maximum atomic E-state index is 12.1. The van der Waals surface area contributed by atoms with E-state index in [-0.39, 0.29) is 5.91 Å². The first-order valence-corrected chi connectivity index (χ1v) is 7.69. The first-order chi connectivity index (χ1) is 10.1. The molecule has 0 spiro atoms. The van der Waals surface area contributed by atoms with Gasteiger partial charge in [-0.1, -0.05) is 18.2 Å². The molecule has 21 heavy (non-hydrogen) atoms. The molecule has 5 heteroatoms. The average molecular weight is 299 g/mol. The van der Waals surface area contributed by atoms with E-state index >= 15 is 0 Å². The zero-order chi connectivity index (χ0) is 14.8. The number of benzene rings is 1. The number of nitrogens with zero attached hydrogens (tertiary/aromatic N) is 1. The van der Waals surface area contributed by atoms with Gasteiger partial charge in [-0.3, -0.25) is 4.79 Å². The standard InChI is InChI=1S/C16H17N3OS/c1-10-15(21-11(2)19-10)9-18-16(20)7-12-8-17-14-6-4-3-5-13(12)14/h3-6,8,17H,7,9H2,1-2H3,(H,18,20). The van der Waals surface area contributed by atoms with Crippen molar-refractivity contribution in [1.29, 1.82) is 0 Å². The molecule has 2 aromatic heterocycles. The normalized spacial score (nSPS) is 11.0. The van der Waals surface area contributed by atoms with E-state index in [0.29, 0.717) is 13.0 Å². The highest BCUT2D eigenvalue weighted by molar-refractivity contribution is 7.11. The Hall–Kier alpha value is -2.14. The summed E-state index contributed by atoms with van der Waals surface area (Å²) < 4.78 is 0. The number of H-pyrrole nitrogens is 1. The summed E-state index contributed by atoms with van der Waals surface area (Å²) >= 11 is 1.63. The number of carbonyl (C=O) groups is 1. The van der Waals surface area contributed by atoms with Gasteiger partial charge >= 0.3 is 0 Å². The molecule has 0 aliphatic heterocycles. The van der Waals surface area contributed by atoms with Crippen LogP contribution < -0.4 is 5.32 Å². The number of aromatic amines is 1. The molecule has 4 nitrogen and oxygen atoms in total. The second-order valence-corrected chi connectivity index (χ2v) is 6.34. The van der Waals surface area contributed by atoms with Crippen molar-refractivity contribution < 1.29 is 4.79 Å². The molecule has 1 amide bonds. The number of para-hydroxylation sites is 1. The molecule has 0 unspecified atom stereocenters. The fraction of sp³-hybridized carbons (Fsp3) is 0.250. The molecule has 2 heterocycles. The van der Waals surface area contributed by atoms with Crippen LogP contribution in [0.2, 0.25) is 0 Å². The van der Waals surface area contributed by atoms with Crippen LogP contribution in [-0.4, -0.2) is 15.9 Å². The van der Waals surface area contributed by atoms with Crippen molar-refractivity contribution in [1.82, 2.24) is 15.3 Å².